The SMILES string of the molecule is CCOC(=O)CN(C)C(=O)NC1(C(=O)O)CCCCCC1. The molecule has 0 unspecified atom stereocenters. The van der Waals surface area contributed by atoms with Crippen LogP contribution in [0.5, 0.6) is 0 Å². The Labute approximate surface area is 124 Å². The number of nitrogens with zero attached hydrogens (tertiary/aromatic N) is 1. The molecule has 2 N–H and O–H groups in total. The van der Waals surface area contributed by atoms with Crippen molar-refractivity contribution < 1.29 is 24.2 Å². The number of likely N-dealkylation sites (N-methyl/N-ethyl adjacent to an activating group) is 1. The zero-order chi connectivity index (χ0) is 15.9. The molecule has 1 fully saturated rings. The standard InChI is InChI=1S/C14H24N2O5/c1-3-21-11(17)10-16(2)13(20)15-14(12(18)19)8-6-4-5-7-9-14/h3-10H2,1-2H3,(H,15,20)(H,18,19). The van der Waals surface area contributed by atoms with E-state index in [4.69, 9.17) is 4.74 Å². The third-order valence-corrected chi connectivity index (χ3v) is 3.73. The third-order valence-electron chi connectivity index (χ3n) is 3.73. The van der Waals surface area contributed by atoms with Gasteiger partial charge in [0.1, 0.15) is 12.1 Å². The molecule has 1 rings (SSSR count). The van der Waals surface area contributed by atoms with Gasteiger partial charge in [-0.05, 0) is 19.8 Å². The van der Waals surface area contributed by atoms with Crippen LogP contribution in [0.15, 0.2) is 0 Å². The van der Waals surface area contributed by atoms with E-state index < -0.39 is 23.5 Å². The maximum Gasteiger partial charge on any atom is 0.329 e. The van der Waals surface area contributed by atoms with E-state index in [2.05, 4.69) is 5.32 Å². The van der Waals surface area contributed by atoms with E-state index in [0.29, 0.717) is 12.8 Å². The second-order valence-electron chi connectivity index (χ2n) is 5.39. The van der Waals surface area contributed by atoms with Crippen molar-refractivity contribution in [3.05, 3.63) is 0 Å². The minimum Gasteiger partial charge on any atom is -0.480 e. The molecule has 0 aromatic rings. The van der Waals surface area contributed by atoms with Crippen molar-refractivity contribution in [2.24, 2.45) is 0 Å². The number of rotatable bonds is 5. The monoisotopic (exact) mass is 300 g/mol. The fraction of sp³-hybridized carbons (Fsp3) is 0.786. The number of hydrogen-bond acceptors (Lipinski definition) is 4. The highest BCUT2D eigenvalue weighted by molar-refractivity contribution is 5.87. The predicted octanol–water partition coefficient (Wildman–Crippen LogP) is 1.37. The summed E-state index contributed by atoms with van der Waals surface area (Å²) >= 11 is 0. The van der Waals surface area contributed by atoms with E-state index in [1.807, 2.05) is 0 Å². The molecule has 21 heavy (non-hydrogen) atoms. The van der Waals surface area contributed by atoms with Gasteiger partial charge in [-0.15, -0.1) is 0 Å². The van der Waals surface area contributed by atoms with Crippen molar-refractivity contribution in [1.82, 2.24) is 10.2 Å². The van der Waals surface area contributed by atoms with Crippen LogP contribution >= 0.6 is 0 Å². The predicted molar refractivity (Wildman–Crippen MR) is 75.9 cm³/mol. The number of carboxylic acid groups (broad SMARTS) is 1. The van der Waals surface area contributed by atoms with Gasteiger partial charge >= 0.3 is 18.0 Å². The summed E-state index contributed by atoms with van der Waals surface area (Å²) in [5.74, 6) is -1.53. The van der Waals surface area contributed by atoms with Gasteiger partial charge in [0.15, 0.2) is 0 Å². The van der Waals surface area contributed by atoms with E-state index in [-0.39, 0.29) is 13.2 Å². The van der Waals surface area contributed by atoms with E-state index in [1.165, 1.54) is 7.05 Å². The van der Waals surface area contributed by atoms with E-state index in [9.17, 15) is 19.5 Å². The fourth-order valence-electron chi connectivity index (χ4n) is 2.50. The second kappa shape index (κ2) is 7.85. The molecule has 1 aliphatic carbocycles. The number of ether oxygens (including phenoxy) is 1. The molecule has 0 aliphatic heterocycles. The first-order chi connectivity index (χ1) is 9.91. The van der Waals surface area contributed by atoms with Crippen molar-refractivity contribution in [2.45, 2.75) is 51.0 Å². The van der Waals surface area contributed by atoms with Crippen LogP contribution in [0.4, 0.5) is 4.79 Å². The number of carbonyl (C=O) groups is 3. The summed E-state index contributed by atoms with van der Waals surface area (Å²) in [6.07, 6.45) is 4.33. The molecule has 1 saturated carbocycles. The number of nitrogens with one attached hydrogen (secondary N) is 1. The van der Waals surface area contributed by atoms with Gasteiger partial charge < -0.3 is 20.1 Å². The Balaban J connectivity index is 2.67. The summed E-state index contributed by atoms with van der Waals surface area (Å²) in [6, 6.07) is -0.563. The fourth-order valence-corrected chi connectivity index (χ4v) is 2.50. The number of urea groups is 1. The first-order valence-electron chi connectivity index (χ1n) is 7.33. The Morgan fingerprint density at radius 2 is 1.76 bits per heavy atom. The molecule has 0 aromatic heterocycles. The Kier molecular flexibility index (Phi) is 6.45. The van der Waals surface area contributed by atoms with Crippen LogP contribution in [0.3, 0.4) is 0 Å². The molecule has 0 bridgehead atoms. The third kappa shape index (κ3) is 4.91. The first-order valence-corrected chi connectivity index (χ1v) is 7.33. The minimum absolute atomic E-state index is 0.199. The second-order valence-corrected chi connectivity index (χ2v) is 5.39. The summed E-state index contributed by atoms with van der Waals surface area (Å²) < 4.78 is 4.77. The molecule has 0 radical (unpaired) electrons. The van der Waals surface area contributed by atoms with Crippen LogP contribution in [0, 0.1) is 0 Å². The largest absolute Gasteiger partial charge is 0.480 e. The van der Waals surface area contributed by atoms with Crippen molar-refractivity contribution in [1.29, 1.82) is 0 Å². The summed E-state index contributed by atoms with van der Waals surface area (Å²) in [5.41, 5.74) is -1.23. The molecule has 2 amide bonds. The molecule has 1 aliphatic rings. The van der Waals surface area contributed by atoms with Crippen molar-refractivity contribution in [2.75, 3.05) is 20.2 Å². The van der Waals surface area contributed by atoms with Crippen LogP contribution in [-0.2, 0) is 14.3 Å². The number of amides is 2. The van der Waals surface area contributed by atoms with E-state index in [0.717, 1.165) is 30.6 Å². The number of carboxylic acids is 1. The first kappa shape index (κ1) is 17.3. The van der Waals surface area contributed by atoms with Crippen LogP contribution in [-0.4, -0.2) is 53.7 Å². The topological polar surface area (TPSA) is 95.9 Å². The van der Waals surface area contributed by atoms with Crippen LogP contribution in [0.2, 0.25) is 0 Å². The number of aliphatic carboxylic acids is 1. The zero-order valence-electron chi connectivity index (χ0n) is 12.7. The van der Waals surface area contributed by atoms with Gasteiger partial charge in [0.2, 0.25) is 0 Å². The average molecular weight is 300 g/mol. The smallest absolute Gasteiger partial charge is 0.329 e. The van der Waals surface area contributed by atoms with Crippen molar-refractivity contribution in [3.63, 3.8) is 0 Å². The summed E-state index contributed by atoms with van der Waals surface area (Å²) in [7, 11) is 1.44. The highest BCUT2D eigenvalue weighted by atomic mass is 16.5. The van der Waals surface area contributed by atoms with Gasteiger partial charge in [0.05, 0.1) is 6.61 Å². The van der Waals surface area contributed by atoms with Gasteiger partial charge in [-0.1, -0.05) is 25.7 Å². The van der Waals surface area contributed by atoms with Crippen LogP contribution in [0.25, 0.3) is 0 Å². The molecule has 7 heteroatoms. The lowest BCUT2D eigenvalue weighted by Gasteiger charge is -2.31. The normalized spacial score (nSPS) is 17.4. The van der Waals surface area contributed by atoms with Gasteiger partial charge in [-0.25, -0.2) is 9.59 Å². The average Bonchev–Trinajstić information content (AvgIpc) is 2.65. The summed E-state index contributed by atoms with van der Waals surface area (Å²) in [5, 5.41) is 12.1. The van der Waals surface area contributed by atoms with Gasteiger partial charge in [-0.2, -0.15) is 0 Å². The molecular formula is C14H24N2O5. The van der Waals surface area contributed by atoms with Gasteiger partial charge in [0, 0.05) is 7.05 Å². The Bertz CT molecular complexity index is 389. The van der Waals surface area contributed by atoms with Crippen LogP contribution in [0.1, 0.15) is 45.4 Å². The molecule has 0 saturated heterocycles. The van der Waals surface area contributed by atoms with E-state index in [1.54, 1.807) is 6.92 Å². The number of esters is 1. The quantitative estimate of drug-likeness (QED) is 0.590. The number of carbonyl (C=O) groups excluding carboxylic acids is 2. The Morgan fingerprint density at radius 1 is 1.19 bits per heavy atom. The maximum atomic E-state index is 12.1. The highest BCUT2D eigenvalue weighted by Crippen LogP contribution is 2.27. The lowest BCUT2D eigenvalue weighted by molar-refractivity contribution is -0.145. The number of hydrogen-bond donors (Lipinski definition) is 2. The molecule has 0 atom stereocenters. The van der Waals surface area contributed by atoms with Crippen molar-refractivity contribution >= 4 is 18.0 Å². The Hall–Kier alpha value is -1.79. The molecule has 0 heterocycles. The van der Waals surface area contributed by atoms with Gasteiger partial charge in [0.25, 0.3) is 0 Å². The Morgan fingerprint density at radius 3 is 2.24 bits per heavy atom. The molecule has 7 nitrogen and oxygen atoms in total. The summed E-state index contributed by atoms with van der Waals surface area (Å²) in [4.78, 5) is 36.2. The van der Waals surface area contributed by atoms with Crippen molar-refractivity contribution in [3.8, 4) is 0 Å². The van der Waals surface area contributed by atoms with E-state index >= 15 is 0 Å². The van der Waals surface area contributed by atoms with Gasteiger partial charge in [-0.3, -0.25) is 4.79 Å². The lowest BCUT2D eigenvalue weighted by atomic mass is 9.90. The molecular weight excluding hydrogens is 276 g/mol. The highest BCUT2D eigenvalue weighted by Gasteiger charge is 2.40. The lowest BCUT2D eigenvalue weighted by Crippen LogP contribution is -2.57. The van der Waals surface area contributed by atoms with Crippen LogP contribution < -0.4 is 5.32 Å². The molecule has 0 spiro atoms. The molecule has 120 valence electrons. The molecule has 0 aromatic carbocycles. The summed E-state index contributed by atoms with van der Waals surface area (Å²) in [6.45, 7) is 1.73. The minimum atomic E-state index is -1.23. The maximum absolute atomic E-state index is 12.1. The zero-order valence-corrected chi connectivity index (χ0v) is 12.7.